The summed E-state index contributed by atoms with van der Waals surface area (Å²) in [5.41, 5.74) is 1.53. The summed E-state index contributed by atoms with van der Waals surface area (Å²) in [7, 11) is 1.45. The number of hydrogen-bond acceptors (Lipinski definition) is 4. The van der Waals surface area contributed by atoms with Gasteiger partial charge in [-0.2, -0.15) is 13.2 Å². The van der Waals surface area contributed by atoms with Gasteiger partial charge >= 0.3 is 6.18 Å². The Morgan fingerprint density at radius 2 is 2.00 bits per heavy atom. The molecular formula is C20H17F3N2O4. The first kappa shape index (κ1) is 19.1. The molecule has 0 radical (unpaired) electrons. The van der Waals surface area contributed by atoms with Crippen LogP contribution < -0.4 is 10.1 Å². The molecule has 2 heterocycles. The number of methoxy groups -OCH3 is 1. The van der Waals surface area contributed by atoms with E-state index in [0.29, 0.717) is 27.5 Å². The van der Waals surface area contributed by atoms with Gasteiger partial charge in [-0.05, 0) is 12.1 Å². The average molecular weight is 406 g/mol. The van der Waals surface area contributed by atoms with Gasteiger partial charge in [0.25, 0.3) is 0 Å². The molecule has 1 aliphatic heterocycles. The van der Waals surface area contributed by atoms with Crippen LogP contribution in [0.3, 0.4) is 0 Å². The minimum absolute atomic E-state index is 0.267. The standard InChI is InChI=1S/C20H17F3N2O4/c1-28-17-7-13-12-4-2-3-5-15(12)29-16(13)8-14(17)24-19(27)11-6-18(26)25(9-11)10-20(21,22)23/h2-5,7-8,11H,6,9-10H2,1H3,(H,24,27). The van der Waals surface area contributed by atoms with Gasteiger partial charge in [-0.1, -0.05) is 18.2 Å². The van der Waals surface area contributed by atoms with Gasteiger partial charge in [-0.25, -0.2) is 0 Å². The number of carbonyl (C=O) groups is 2. The number of furan rings is 1. The van der Waals surface area contributed by atoms with Crippen LogP contribution in [0.5, 0.6) is 5.75 Å². The summed E-state index contributed by atoms with van der Waals surface area (Å²) >= 11 is 0. The topological polar surface area (TPSA) is 71.8 Å². The molecule has 9 heteroatoms. The first-order chi connectivity index (χ1) is 13.7. The second-order valence-corrected chi connectivity index (χ2v) is 6.93. The molecule has 1 fully saturated rings. The Labute approximate surface area is 163 Å². The van der Waals surface area contributed by atoms with Crippen LogP contribution in [0.4, 0.5) is 18.9 Å². The normalized spacial score (nSPS) is 17.3. The van der Waals surface area contributed by atoms with E-state index in [1.54, 1.807) is 12.1 Å². The number of benzene rings is 2. The van der Waals surface area contributed by atoms with Gasteiger partial charge in [-0.3, -0.25) is 9.59 Å². The molecule has 0 saturated carbocycles. The summed E-state index contributed by atoms with van der Waals surface area (Å²) in [6, 6.07) is 10.8. The van der Waals surface area contributed by atoms with E-state index in [1.165, 1.54) is 7.11 Å². The molecule has 2 aromatic carbocycles. The van der Waals surface area contributed by atoms with E-state index < -0.39 is 30.5 Å². The van der Waals surface area contributed by atoms with Gasteiger partial charge in [0.2, 0.25) is 11.8 Å². The third-order valence-corrected chi connectivity index (χ3v) is 4.91. The molecule has 3 aromatic rings. The highest BCUT2D eigenvalue weighted by Gasteiger charge is 2.40. The lowest BCUT2D eigenvalue weighted by Gasteiger charge is -2.18. The predicted octanol–water partition coefficient (Wildman–Crippen LogP) is 3.94. The Bertz CT molecular complexity index is 1110. The number of ether oxygens (including phenoxy) is 1. The number of nitrogens with one attached hydrogen (secondary N) is 1. The highest BCUT2D eigenvalue weighted by Crippen LogP contribution is 2.37. The van der Waals surface area contributed by atoms with Crippen molar-refractivity contribution in [3.8, 4) is 5.75 Å². The van der Waals surface area contributed by atoms with Crippen molar-refractivity contribution in [1.82, 2.24) is 4.90 Å². The zero-order valence-corrected chi connectivity index (χ0v) is 15.4. The number of hydrogen-bond donors (Lipinski definition) is 1. The van der Waals surface area contributed by atoms with Crippen molar-refractivity contribution >= 4 is 39.4 Å². The van der Waals surface area contributed by atoms with Gasteiger partial charge < -0.3 is 19.4 Å². The average Bonchev–Trinajstić information content (AvgIpc) is 3.19. The fraction of sp³-hybridized carbons (Fsp3) is 0.300. The third kappa shape index (κ3) is 3.72. The van der Waals surface area contributed by atoms with Gasteiger partial charge in [0, 0.05) is 29.8 Å². The summed E-state index contributed by atoms with van der Waals surface area (Å²) in [5, 5.41) is 4.36. The van der Waals surface area contributed by atoms with E-state index in [9.17, 15) is 22.8 Å². The highest BCUT2D eigenvalue weighted by atomic mass is 19.4. The fourth-order valence-corrected chi connectivity index (χ4v) is 3.57. The Hall–Kier alpha value is -3.23. The number of rotatable bonds is 4. The van der Waals surface area contributed by atoms with E-state index in [-0.39, 0.29) is 13.0 Å². The summed E-state index contributed by atoms with van der Waals surface area (Å²) in [6.07, 6.45) is -4.77. The van der Waals surface area contributed by atoms with Crippen molar-refractivity contribution in [2.24, 2.45) is 5.92 Å². The first-order valence-corrected chi connectivity index (χ1v) is 8.90. The maximum Gasteiger partial charge on any atom is 0.406 e. The van der Waals surface area contributed by atoms with Crippen LogP contribution in [0.15, 0.2) is 40.8 Å². The van der Waals surface area contributed by atoms with Crippen molar-refractivity contribution < 1.29 is 31.9 Å². The number of amides is 2. The van der Waals surface area contributed by atoms with Crippen LogP contribution in [-0.4, -0.2) is 43.1 Å². The quantitative estimate of drug-likeness (QED) is 0.712. The fourth-order valence-electron chi connectivity index (χ4n) is 3.57. The molecule has 1 N–H and O–H groups in total. The summed E-state index contributed by atoms with van der Waals surface area (Å²) in [6.45, 7) is -1.64. The zero-order chi connectivity index (χ0) is 20.8. The molecule has 29 heavy (non-hydrogen) atoms. The highest BCUT2D eigenvalue weighted by molar-refractivity contribution is 6.08. The monoisotopic (exact) mass is 406 g/mol. The van der Waals surface area contributed by atoms with E-state index >= 15 is 0 Å². The van der Waals surface area contributed by atoms with Crippen LogP contribution in [0.1, 0.15) is 6.42 Å². The number of alkyl halides is 3. The van der Waals surface area contributed by atoms with E-state index in [0.717, 1.165) is 10.8 Å². The lowest BCUT2D eigenvalue weighted by Crippen LogP contribution is -2.36. The van der Waals surface area contributed by atoms with Crippen molar-refractivity contribution in [2.45, 2.75) is 12.6 Å². The number of likely N-dealkylation sites (tertiary alicyclic amines) is 1. The molecule has 4 rings (SSSR count). The maximum absolute atomic E-state index is 12.6. The first-order valence-electron chi connectivity index (χ1n) is 8.90. The molecule has 1 atom stereocenters. The van der Waals surface area contributed by atoms with Crippen molar-refractivity contribution in [2.75, 3.05) is 25.5 Å². The largest absolute Gasteiger partial charge is 0.495 e. The van der Waals surface area contributed by atoms with Crippen LogP contribution in [-0.2, 0) is 9.59 Å². The Morgan fingerprint density at radius 3 is 2.72 bits per heavy atom. The molecular weight excluding hydrogens is 389 g/mol. The predicted molar refractivity (Wildman–Crippen MR) is 99.6 cm³/mol. The minimum atomic E-state index is -4.50. The van der Waals surface area contributed by atoms with Crippen molar-refractivity contribution in [3.63, 3.8) is 0 Å². The van der Waals surface area contributed by atoms with Crippen molar-refractivity contribution in [3.05, 3.63) is 36.4 Å². The molecule has 1 aliphatic rings. The Morgan fingerprint density at radius 1 is 1.24 bits per heavy atom. The number of fused-ring (bicyclic) bond motifs is 3. The second-order valence-electron chi connectivity index (χ2n) is 6.93. The summed E-state index contributed by atoms with van der Waals surface area (Å²) in [4.78, 5) is 25.1. The molecule has 1 unspecified atom stereocenters. The Balaban J connectivity index is 1.58. The van der Waals surface area contributed by atoms with Crippen LogP contribution in [0.25, 0.3) is 21.9 Å². The molecule has 1 aromatic heterocycles. The molecule has 2 amide bonds. The number of carbonyl (C=O) groups excluding carboxylic acids is 2. The SMILES string of the molecule is COc1cc2c(cc1NC(=O)C1CC(=O)N(CC(F)(F)F)C1)oc1ccccc12. The van der Waals surface area contributed by atoms with Gasteiger partial charge in [0.15, 0.2) is 0 Å². The maximum atomic E-state index is 12.6. The molecule has 0 spiro atoms. The molecule has 0 aliphatic carbocycles. The van der Waals surface area contributed by atoms with E-state index in [2.05, 4.69) is 5.32 Å². The van der Waals surface area contributed by atoms with E-state index in [4.69, 9.17) is 9.15 Å². The lowest BCUT2D eigenvalue weighted by atomic mass is 10.1. The molecule has 152 valence electrons. The summed E-state index contributed by atoms with van der Waals surface area (Å²) in [5.74, 6) is -1.73. The lowest BCUT2D eigenvalue weighted by molar-refractivity contribution is -0.157. The van der Waals surface area contributed by atoms with Crippen LogP contribution in [0, 0.1) is 5.92 Å². The second kappa shape index (κ2) is 6.98. The Kier molecular flexibility index (Phi) is 4.60. The smallest absolute Gasteiger partial charge is 0.406 e. The number of anilines is 1. The van der Waals surface area contributed by atoms with Crippen molar-refractivity contribution in [1.29, 1.82) is 0 Å². The van der Waals surface area contributed by atoms with Gasteiger partial charge in [0.1, 0.15) is 23.5 Å². The minimum Gasteiger partial charge on any atom is -0.495 e. The molecule has 0 bridgehead atoms. The van der Waals surface area contributed by atoms with E-state index in [1.807, 2.05) is 24.3 Å². The zero-order valence-electron chi connectivity index (χ0n) is 15.4. The van der Waals surface area contributed by atoms with Gasteiger partial charge in [0.05, 0.1) is 18.7 Å². The third-order valence-electron chi connectivity index (χ3n) is 4.91. The number of para-hydroxylation sites is 1. The van der Waals surface area contributed by atoms with Crippen LogP contribution >= 0.6 is 0 Å². The number of nitrogens with zero attached hydrogens (tertiary/aromatic N) is 1. The number of halogens is 3. The molecule has 1 saturated heterocycles. The van der Waals surface area contributed by atoms with Gasteiger partial charge in [-0.15, -0.1) is 0 Å². The molecule has 6 nitrogen and oxygen atoms in total. The van der Waals surface area contributed by atoms with Crippen LogP contribution in [0.2, 0.25) is 0 Å². The summed E-state index contributed by atoms with van der Waals surface area (Å²) < 4.78 is 48.9.